The lowest BCUT2D eigenvalue weighted by atomic mass is 9.77. The second-order valence-electron chi connectivity index (χ2n) is 7.08. The van der Waals surface area contributed by atoms with E-state index in [1.807, 2.05) is 42.6 Å². The first kappa shape index (κ1) is 16.1. The molecule has 0 fully saturated rings. The van der Waals surface area contributed by atoms with Crippen LogP contribution in [0, 0.1) is 0 Å². The molecule has 2 aromatic carbocycles. The van der Waals surface area contributed by atoms with Crippen molar-refractivity contribution in [3.05, 3.63) is 71.4 Å². The number of anilines is 1. The fraction of sp³-hybridized carbons (Fsp3) is 0.217. The summed E-state index contributed by atoms with van der Waals surface area (Å²) in [6.07, 6.45) is 4.26. The van der Waals surface area contributed by atoms with Gasteiger partial charge in [-0.15, -0.1) is 0 Å². The zero-order chi connectivity index (χ0) is 18.4. The summed E-state index contributed by atoms with van der Waals surface area (Å²) >= 11 is 0. The molecule has 2 aliphatic rings. The summed E-state index contributed by atoms with van der Waals surface area (Å²) < 4.78 is 5.28. The van der Waals surface area contributed by atoms with Crippen LogP contribution in [0.15, 0.2) is 60.3 Å². The van der Waals surface area contributed by atoms with E-state index < -0.39 is 0 Å². The van der Waals surface area contributed by atoms with Crippen LogP contribution in [-0.2, 0) is 4.79 Å². The Kier molecular flexibility index (Phi) is 3.71. The van der Waals surface area contributed by atoms with Crippen LogP contribution in [0.2, 0.25) is 0 Å². The number of rotatable bonds is 2. The molecule has 5 rings (SSSR count). The van der Waals surface area contributed by atoms with Crippen LogP contribution in [0.4, 0.5) is 5.69 Å². The zero-order valence-corrected chi connectivity index (χ0v) is 15.2. The largest absolute Gasteiger partial charge is 0.497 e. The molecule has 0 bridgehead atoms. The molecule has 0 saturated heterocycles. The minimum absolute atomic E-state index is 0.125. The Labute approximate surface area is 157 Å². The van der Waals surface area contributed by atoms with Crippen molar-refractivity contribution in [1.82, 2.24) is 4.98 Å². The fourth-order valence-corrected chi connectivity index (χ4v) is 4.33. The molecule has 0 unspecified atom stereocenters. The van der Waals surface area contributed by atoms with Crippen molar-refractivity contribution in [1.29, 1.82) is 0 Å². The van der Waals surface area contributed by atoms with Crippen molar-refractivity contribution in [3.63, 3.8) is 0 Å². The first-order valence-corrected chi connectivity index (χ1v) is 9.31. The molecule has 1 atom stereocenters. The normalized spacial score (nSPS) is 18.7. The van der Waals surface area contributed by atoms with E-state index in [1.54, 1.807) is 7.11 Å². The van der Waals surface area contributed by atoms with Gasteiger partial charge >= 0.3 is 0 Å². The maximum Gasteiger partial charge on any atom is 0.161 e. The van der Waals surface area contributed by atoms with E-state index in [0.717, 1.165) is 51.9 Å². The average molecular weight is 356 g/mol. The standard InChI is InChI=1S/C23H20N2O2/c1-27-15-9-7-14(8-10-15)23-22-17(4-2-6-20(22)26)21-16-5-3-13-24-18(16)11-12-19(21)25-23/h3,5,7-13,23,25H,2,4,6H2,1H3/t23-/m0/s1. The van der Waals surface area contributed by atoms with E-state index in [-0.39, 0.29) is 11.8 Å². The van der Waals surface area contributed by atoms with E-state index in [2.05, 4.69) is 22.4 Å². The number of benzene rings is 2. The highest BCUT2D eigenvalue weighted by atomic mass is 16.5. The van der Waals surface area contributed by atoms with E-state index in [9.17, 15) is 4.79 Å². The number of fused-ring (bicyclic) bond motifs is 4. The molecule has 0 amide bonds. The number of Topliss-reactive ketones (excluding diaryl/α,β-unsaturated/α-hetero) is 1. The van der Waals surface area contributed by atoms with E-state index in [1.165, 1.54) is 5.57 Å². The van der Waals surface area contributed by atoms with Gasteiger partial charge in [-0.1, -0.05) is 18.2 Å². The highest BCUT2D eigenvalue weighted by molar-refractivity contribution is 6.12. The number of ether oxygens (including phenoxy) is 1. The Morgan fingerprint density at radius 1 is 1.07 bits per heavy atom. The van der Waals surface area contributed by atoms with E-state index in [4.69, 9.17) is 4.74 Å². The summed E-state index contributed by atoms with van der Waals surface area (Å²) in [7, 11) is 1.66. The van der Waals surface area contributed by atoms with E-state index >= 15 is 0 Å². The summed E-state index contributed by atoms with van der Waals surface area (Å²) in [6.45, 7) is 0. The minimum atomic E-state index is -0.125. The molecule has 4 heteroatoms. The molecule has 0 spiro atoms. The van der Waals surface area contributed by atoms with Gasteiger partial charge in [0.15, 0.2) is 5.78 Å². The molecule has 3 aromatic rings. The molecule has 1 N–H and O–H groups in total. The van der Waals surface area contributed by atoms with Crippen LogP contribution in [0.3, 0.4) is 0 Å². The van der Waals surface area contributed by atoms with Crippen LogP contribution < -0.4 is 10.1 Å². The molecule has 27 heavy (non-hydrogen) atoms. The quantitative estimate of drug-likeness (QED) is 0.708. The SMILES string of the molecule is COc1ccc([C@@H]2Nc3ccc4ncccc4c3C3=C2C(=O)CCC3)cc1. The minimum Gasteiger partial charge on any atom is -0.497 e. The van der Waals surface area contributed by atoms with Crippen molar-refractivity contribution in [2.24, 2.45) is 0 Å². The number of carbonyl (C=O) groups excluding carboxylic acids is 1. The van der Waals surface area contributed by atoms with Crippen molar-refractivity contribution < 1.29 is 9.53 Å². The highest BCUT2D eigenvalue weighted by Gasteiger charge is 2.34. The number of pyridine rings is 1. The molecule has 1 aliphatic carbocycles. The maximum absolute atomic E-state index is 12.9. The van der Waals surface area contributed by atoms with Crippen molar-refractivity contribution in [3.8, 4) is 5.75 Å². The van der Waals surface area contributed by atoms with Gasteiger partial charge in [-0.3, -0.25) is 9.78 Å². The number of hydrogen-bond acceptors (Lipinski definition) is 4. The highest BCUT2D eigenvalue weighted by Crippen LogP contribution is 2.47. The molecular formula is C23H20N2O2. The van der Waals surface area contributed by atoms with Gasteiger partial charge in [-0.25, -0.2) is 0 Å². The lowest BCUT2D eigenvalue weighted by molar-refractivity contribution is -0.116. The van der Waals surface area contributed by atoms with Gasteiger partial charge < -0.3 is 10.1 Å². The number of ketones is 1. The third-order valence-corrected chi connectivity index (χ3v) is 5.58. The lowest BCUT2D eigenvalue weighted by Crippen LogP contribution is -2.27. The van der Waals surface area contributed by atoms with Gasteiger partial charge in [0.25, 0.3) is 0 Å². The molecule has 134 valence electrons. The Balaban J connectivity index is 1.73. The van der Waals surface area contributed by atoms with Crippen LogP contribution >= 0.6 is 0 Å². The molecule has 0 radical (unpaired) electrons. The smallest absolute Gasteiger partial charge is 0.161 e. The maximum atomic E-state index is 12.9. The fourth-order valence-electron chi connectivity index (χ4n) is 4.33. The number of nitrogens with one attached hydrogen (secondary N) is 1. The van der Waals surface area contributed by atoms with Gasteiger partial charge in [0.2, 0.25) is 0 Å². The first-order chi connectivity index (χ1) is 13.3. The van der Waals surface area contributed by atoms with Crippen molar-refractivity contribution >= 4 is 27.9 Å². The zero-order valence-electron chi connectivity index (χ0n) is 15.2. The summed E-state index contributed by atoms with van der Waals surface area (Å²) in [6, 6.07) is 16.0. The molecule has 1 aromatic heterocycles. The monoisotopic (exact) mass is 356 g/mol. The number of methoxy groups -OCH3 is 1. The lowest BCUT2D eigenvalue weighted by Gasteiger charge is -2.35. The molecule has 2 heterocycles. The van der Waals surface area contributed by atoms with Gasteiger partial charge in [0, 0.05) is 34.8 Å². The summed E-state index contributed by atoms with van der Waals surface area (Å²) in [5.74, 6) is 1.06. The number of allylic oxidation sites excluding steroid dienone is 1. The Morgan fingerprint density at radius 2 is 1.93 bits per heavy atom. The first-order valence-electron chi connectivity index (χ1n) is 9.31. The van der Waals surface area contributed by atoms with Gasteiger partial charge in [-0.2, -0.15) is 0 Å². The Morgan fingerprint density at radius 3 is 2.74 bits per heavy atom. The number of aromatic nitrogens is 1. The third kappa shape index (κ3) is 2.52. The molecular weight excluding hydrogens is 336 g/mol. The molecule has 0 saturated carbocycles. The van der Waals surface area contributed by atoms with Gasteiger partial charge in [0.1, 0.15) is 5.75 Å². The molecule has 1 aliphatic heterocycles. The Hall–Kier alpha value is -3.14. The van der Waals surface area contributed by atoms with Gasteiger partial charge in [-0.05, 0) is 54.3 Å². The number of nitrogens with zero attached hydrogens (tertiary/aromatic N) is 1. The second-order valence-corrected chi connectivity index (χ2v) is 7.08. The van der Waals surface area contributed by atoms with E-state index in [0.29, 0.717) is 6.42 Å². The average Bonchev–Trinajstić information content (AvgIpc) is 2.73. The molecule has 4 nitrogen and oxygen atoms in total. The Bertz CT molecular complexity index is 1080. The topological polar surface area (TPSA) is 51.2 Å². The second kappa shape index (κ2) is 6.23. The predicted molar refractivity (Wildman–Crippen MR) is 107 cm³/mol. The predicted octanol–water partition coefficient (Wildman–Crippen LogP) is 4.92. The van der Waals surface area contributed by atoms with Gasteiger partial charge in [0.05, 0.1) is 18.7 Å². The summed E-state index contributed by atoms with van der Waals surface area (Å²) in [4.78, 5) is 17.4. The van der Waals surface area contributed by atoms with Crippen molar-refractivity contribution in [2.75, 3.05) is 12.4 Å². The van der Waals surface area contributed by atoms with Crippen LogP contribution in [0.1, 0.15) is 36.4 Å². The number of carbonyl (C=O) groups is 1. The van der Waals surface area contributed by atoms with Crippen LogP contribution in [-0.4, -0.2) is 17.9 Å². The van der Waals surface area contributed by atoms with Crippen LogP contribution in [0.25, 0.3) is 16.5 Å². The number of hydrogen-bond donors (Lipinski definition) is 1. The van der Waals surface area contributed by atoms with Crippen LogP contribution in [0.5, 0.6) is 5.75 Å². The van der Waals surface area contributed by atoms with Crippen molar-refractivity contribution in [2.45, 2.75) is 25.3 Å². The third-order valence-electron chi connectivity index (χ3n) is 5.58. The summed E-state index contributed by atoms with van der Waals surface area (Å²) in [5, 5.41) is 4.73. The summed E-state index contributed by atoms with van der Waals surface area (Å²) in [5.41, 5.74) is 6.36.